The molecule has 2 N–H and O–H groups in total. The molecule has 128 valence electrons. The Bertz CT molecular complexity index is 561. The lowest BCUT2D eigenvalue weighted by atomic mass is 9.98. The molecule has 10 heteroatoms. The van der Waals surface area contributed by atoms with E-state index < -0.39 is 46.5 Å². The first-order valence-corrected chi connectivity index (χ1v) is 8.43. The predicted molar refractivity (Wildman–Crippen MR) is 71.6 cm³/mol. The molecule has 3 rings (SSSR count). The van der Waals surface area contributed by atoms with Gasteiger partial charge in [0.25, 0.3) is 0 Å². The minimum absolute atomic E-state index is 0.165. The van der Waals surface area contributed by atoms with Crippen LogP contribution in [0.25, 0.3) is 0 Å². The van der Waals surface area contributed by atoms with Gasteiger partial charge in [-0.25, -0.2) is 5.14 Å². The summed E-state index contributed by atoms with van der Waals surface area (Å²) in [4.78, 5) is 0. The molecule has 3 fully saturated rings. The van der Waals surface area contributed by atoms with Crippen molar-refractivity contribution in [3.63, 3.8) is 0 Å². The Morgan fingerprint density at radius 1 is 1.14 bits per heavy atom. The van der Waals surface area contributed by atoms with Crippen LogP contribution in [-0.2, 0) is 38.2 Å². The Balaban J connectivity index is 1.87. The predicted octanol–water partition coefficient (Wildman–Crippen LogP) is -0.395. The Kier molecular flexibility index (Phi) is 3.63. The molecule has 9 nitrogen and oxygen atoms in total. The van der Waals surface area contributed by atoms with E-state index in [9.17, 15) is 8.42 Å². The van der Waals surface area contributed by atoms with E-state index >= 15 is 0 Å². The van der Waals surface area contributed by atoms with Crippen molar-refractivity contribution in [1.82, 2.24) is 0 Å². The quantitative estimate of drug-likeness (QED) is 0.739. The molecule has 4 atom stereocenters. The maximum atomic E-state index is 11.1. The van der Waals surface area contributed by atoms with E-state index in [2.05, 4.69) is 0 Å². The zero-order valence-corrected chi connectivity index (χ0v) is 13.7. The average molecular weight is 339 g/mol. The van der Waals surface area contributed by atoms with E-state index in [1.54, 1.807) is 27.7 Å². The van der Waals surface area contributed by atoms with Crippen molar-refractivity contribution in [2.45, 2.75) is 63.4 Å². The summed E-state index contributed by atoms with van der Waals surface area (Å²) in [6, 6.07) is 0. The summed E-state index contributed by atoms with van der Waals surface area (Å²) < 4.78 is 55.9. The first-order valence-electron chi connectivity index (χ1n) is 6.96. The van der Waals surface area contributed by atoms with Crippen molar-refractivity contribution in [3.8, 4) is 0 Å². The van der Waals surface area contributed by atoms with Gasteiger partial charge in [-0.2, -0.15) is 8.42 Å². The van der Waals surface area contributed by atoms with Gasteiger partial charge in [-0.1, -0.05) is 0 Å². The number of rotatable bonds is 3. The van der Waals surface area contributed by atoms with Gasteiger partial charge in [0, 0.05) is 0 Å². The van der Waals surface area contributed by atoms with Crippen molar-refractivity contribution < 1.29 is 36.3 Å². The molecule has 0 aromatic heterocycles. The summed E-state index contributed by atoms with van der Waals surface area (Å²) in [6.07, 6.45) is -1.50. The minimum atomic E-state index is -4.14. The van der Waals surface area contributed by atoms with E-state index in [-0.39, 0.29) is 12.7 Å². The van der Waals surface area contributed by atoms with E-state index in [0.717, 1.165) is 0 Å². The normalized spacial score (nSPS) is 42.9. The van der Waals surface area contributed by atoms with E-state index in [0.29, 0.717) is 0 Å². The summed E-state index contributed by atoms with van der Waals surface area (Å²) in [5, 5.41) is 4.89. The van der Waals surface area contributed by atoms with Gasteiger partial charge in [-0.3, -0.25) is 4.18 Å². The SMILES string of the molecule is CC1(C)O[C@@H]2[C@H]3OC(C)(C)O[C@@]3(COS(N)(=O)=O)OC[C@H]2O1. The van der Waals surface area contributed by atoms with E-state index in [1.807, 2.05) is 0 Å². The van der Waals surface area contributed by atoms with Crippen LogP contribution >= 0.6 is 0 Å². The van der Waals surface area contributed by atoms with Crippen LogP contribution in [0.1, 0.15) is 27.7 Å². The molecule has 0 spiro atoms. The lowest BCUT2D eigenvalue weighted by molar-refractivity contribution is -0.290. The second-order valence-electron chi connectivity index (χ2n) is 6.56. The lowest BCUT2D eigenvalue weighted by Crippen LogP contribution is -2.60. The van der Waals surface area contributed by atoms with Crippen LogP contribution in [0.4, 0.5) is 0 Å². The number of ether oxygens (including phenoxy) is 5. The van der Waals surface area contributed by atoms with Crippen molar-refractivity contribution in [1.29, 1.82) is 0 Å². The maximum absolute atomic E-state index is 11.1. The Morgan fingerprint density at radius 2 is 1.82 bits per heavy atom. The lowest BCUT2D eigenvalue weighted by Gasteiger charge is -2.40. The fraction of sp³-hybridized carbons (Fsp3) is 1.00. The standard InChI is InChI=1S/C12H21NO8S/c1-10(2)18-7-5-16-12(6-17-22(13,14)15)9(8(7)19-10)20-11(3,4)21-12/h7-9H,5-6H2,1-4H3,(H2,13,14,15)/t7-,8+,9-,12-/m1/s1. The van der Waals surface area contributed by atoms with Gasteiger partial charge in [-0.15, -0.1) is 0 Å². The maximum Gasteiger partial charge on any atom is 0.333 e. The molecule has 22 heavy (non-hydrogen) atoms. The minimum Gasteiger partial charge on any atom is -0.343 e. The van der Waals surface area contributed by atoms with Crippen molar-refractivity contribution in [2.24, 2.45) is 5.14 Å². The van der Waals surface area contributed by atoms with Crippen LogP contribution < -0.4 is 5.14 Å². The van der Waals surface area contributed by atoms with Crippen molar-refractivity contribution >= 4 is 10.3 Å². The summed E-state index contributed by atoms with van der Waals surface area (Å²) in [7, 11) is -4.14. The number of hydrogen-bond donors (Lipinski definition) is 1. The van der Waals surface area contributed by atoms with Crippen LogP contribution in [0.5, 0.6) is 0 Å². The topological polar surface area (TPSA) is 116 Å². The first kappa shape index (κ1) is 16.5. The van der Waals surface area contributed by atoms with Gasteiger partial charge in [0.1, 0.15) is 24.9 Å². The van der Waals surface area contributed by atoms with E-state index in [1.165, 1.54) is 0 Å². The Morgan fingerprint density at radius 3 is 2.45 bits per heavy atom. The Labute approximate surface area is 129 Å². The first-order chi connectivity index (χ1) is 9.92. The number of hydrogen-bond acceptors (Lipinski definition) is 8. The largest absolute Gasteiger partial charge is 0.343 e. The van der Waals surface area contributed by atoms with Crippen molar-refractivity contribution in [2.75, 3.05) is 13.2 Å². The Hall–Kier alpha value is -0.330. The van der Waals surface area contributed by atoms with Gasteiger partial charge in [0.05, 0.1) is 6.61 Å². The molecule has 0 unspecified atom stereocenters. The fourth-order valence-corrected chi connectivity index (χ4v) is 3.44. The molecule has 0 aromatic carbocycles. The van der Waals surface area contributed by atoms with Crippen LogP contribution in [0.2, 0.25) is 0 Å². The van der Waals surface area contributed by atoms with Crippen molar-refractivity contribution in [3.05, 3.63) is 0 Å². The van der Waals surface area contributed by atoms with Crippen LogP contribution in [0.15, 0.2) is 0 Å². The molecule has 3 heterocycles. The highest BCUT2D eigenvalue weighted by molar-refractivity contribution is 7.84. The second-order valence-corrected chi connectivity index (χ2v) is 7.78. The highest BCUT2D eigenvalue weighted by Gasteiger charge is 2.65. The highest BCUT2D eigenvalue weighted by Crippen LogP contribution is 2.47. The highest BCUT2D eigenvalue weighted by atomic mass is 32.2. The van der Waals surface area contributed by atoms with E-state index in [4.69, 9.17) is 33.0 Å². The molecule has 0 amide bonds. The molecule has 3 aliphatic rings. The fourth-order valence-electron chi connectivity index (χ4n) is 3.11. The summed E-state index contributed by atoms with van der Waals surface area (Å²) >= 11 is 0. The van der Waals surface area contributed by atoms with Gasteiger partial charge in [0.2, 0.25) is 5.79 Å². The number of fused-ring (bicyclic) bond motifs is 3. The second kappa shape index (κ2) is 4.84. The molecule has 3 saturated heterocycles. The molecule has 0 saturated carbocycles. The third-order valence-electron chi connectivity index (χ3n) is 3.70. The average Bonchev–Trinajstić information content (AvgIpc) is 2.78. The van der Waals surface area contributed by atoms with Gasteiger partial charge < -0.3 is 23.7 Å². The summed E-state index contributed by atoms with van der Waals surface area (Å²) in [6.45, 7) is 6.71. The van der Waals surface area contributed by atoms with Crippen LogP contribution in [0.3, 0.4) is 0 Å². The number of nitrogens with two attached hydrogens (primary N) is 1. The molecular formula is C12H21NO8S. The molecule has 0 aromatic rings. The van der Waals surface area contributed by atoms with Gasteiger partial charge in [0.15, 0.2) is 11.6 Å². The zero-order chi connectivity index (χ0) is 16.4. The molecular weight excluding hydrogens is 318 g/mol. The van der Waals surface area contributed by atoms with Gasteiger partial charge in [-0.05, 0) is 27.7 Å². The smallest absolute Gasteiger partial charge is 0.333 e. The van der Waals surface area contributed by atoms with Gasteiger partial charge >= 0.3 is 10.3 Å². The van der Waals surface area contributed by atoms with Crippen LogP contribution in [-0.4, -0.2) is 57.3 Å². The molecule has 3 aliphatic heterocycles. The third-order valence-corrected chi connectivity index (χ3v) is 4.15. The summed E-state index contributed by atoms with van der Waals surface area (Å²) in [5.74, 6) is -3.19. The molecule has 0 aliphatic carbocycles. The summed E-state index contributed by atoms with van der Waals surface area (Å²) in [5.41, 5.74) is 0. The monoisotopic (exact) mass is 339 g/mol. The zero-order valence-electron chi connectivity index (χ0n) is 12.9. The molecule has 0 bridgehead atoms. The third kappa shape index (κ3) is 3.02. The molecule has 0 radical (unpaired) electrons. The van der Waals surface area contributed by atoms with Crippen LogP contribution in [0, 0.1) is 0 Å².